The summed E-state index contributed by atoms with van der Waals surface area (Å²) in [5.41, 5.74) is 0.268. The van der Waals surface area contributed by atoms with Crippen LogP contribution in [0.1, 0.15) is 79.1 Å². The molecule has 2 rings (SSSR count). The van der Waals surface area contributed by atoms with Gasteiger partial charge in [-0.1, -0.05) is 40.5 Å². The van der Waals surface area contributed by atoms with E-state index in [4.69, 9.17) is 23.7 Å². The van der Waals surface area contributed by atoms with Gasteiger partial charge in [0.25, 0.3) is 0 Å². The lowest BCUT2D eigenvalue weighted by atomic mass is 9.73. The zero-order chi connectivity index (χ0) is 21.0. The van der Waals surface area contributed by atoms with Crippen molar-refractivity contribution in [2.24, 2.45) is 10.8 Å². The summed E-state index contributed by atoms with van der Waals surface area (Å²) in [6, 6.07) is 0. The van der Waals surface area contributed by atoms with Crippen molar-refractivity contribution in [2.45, 2.75) is 91.3 Å². The fourth-order valence-electron chi connectivity index (χ4n) is 4.28. The third kappa shape index (κ3) is 6.90. The van der Waals surface area contributed by atoms with Gasteiger partial charge in [-0.15, -0.1) is 0 Å². The molecule has 0 bridgehead atoms. The summed E-state index contributed by atoms with van der Waals surface area (Å²) in [7, 11) is 0. The van der Waals surface area contributed by atoms with Crippen LogP contribution < -0.4 is 0 Å². The van der Waals surface area contributed by atoms with Gasteiger partial charge in [0, 0.05) is 37.3 Å². The molecule has 5 nitrogen and oxygen atoms in total. The van der Waals surface area contributed by atoms with E-state index in [2.05, 4.69) is 27.7 Å². The molecule has 2 unspecified atom stereocenters. The molecule has 0 aromatic carbocycles. The van der Waals surface area contributed by atoms with E-state index in [0.717, 1.165) is 91.4 Å². The molecule has 0 radical (unpaired) electrons. The van der Waals surface area contributed by atoms with Crippen LogP contribution in [0.3, 0.4) is 0 Å². The zero-order valence-corrected chi connectivity index (χ0v) is 19.5. The van der Waals surface area contributed by atoms with Crippen molar-refractivity contribution in [2.75, 3.05) is 52.9 Å². The average Bonchev–Trinajstić information content (AvgIpc) is 2.66. The highest BCUT2D eigenvalue weighted by Gasteiger charge is 2.50. The minimum Gasteiger partial charge on any atom is -0.381 e. The van der Waals surface area contributed by atoms with Crippen LogP contribution in [0.25, 0.3) is 0 Å². The predicted molar refractivity (Wildman–Crippen MR) is 116 cm³/mol. The van der Waals surface area contributed by atoms with Crippen molar-refractivity contribution < 1.29 is 23.7 Å². The molecule has 0 spiro atoms. The molecule has 2 aliphatic heterocycles. The van der Waals surface area contributed by atoms with Gasteiger partial charge in [-0.05, 0) is 38.5 Å². The van der Waals surface area contributed by atoms with Crippen LogP contribution in [0.2, 0.25) is 0 Å². The summed E-state index contributed by atoms with van der Waals surface area (Å²) in [5, 5.41) is 0. The molecule has 0 aliphatic carbocycles. The van der Waals surface area contributed by atoms with Crippen LogP contribution >= 0.6 is 0 Å². The van der Waals surface area contributed by atoms with Crippen molar-refractivity contribution >= 4 is 0 Å². The Balaban J connectivity index is 1.98. The van der Waals surface area contributed by atoms with E-state index in [1.807, 2.05) is 0 Å². The number of ether oxygens (including phenoxy) is 5. The van der Waals surface area contributed by atoms with Crippen molar-refractivity contribution in [3.8, 4) is 0 Å². The van der Waals surface area contributed by atoms with E-state index >= 15 is 0 Å². The summed E-state index contributed by atoms with van der Waals surface area (Å²) in [5.74, 6) is 0. The standard InChI is InChI=1S/C24H46O5/c1-5-9-13-25-15-11-21(23(7-3)17-27-18-23)29-22(12-16-26-14-10-6-2)24(8-4)19-28-20-24/h21-22H,5-20H2,1-4H3. The first kappa shape index (κ1) is 25.1. The van der Waals surface area contributed by atoms with E-state index in [1.165, 1.54) is 12.8 Å². The Labute approximate surface area is 179 Å². The molecule has 0 aromatic rings. The van der Waals surface area contributed by atoms with Gasteiger partial charge in [0.1, 0.15) is 0 Å². The summed E-state index contributed by atoms with van der Waals surface area (Å²) in [6.07, 6.45) is 8.99. The number of hydrogen-bond acceptors (Lipinski definition) is 5. The van der Waals surface area contributed by atoms with Crippen LogP contribution in [-0.4, -0.2) is 65.1 Å². The Kier molecular flexibility index (Phi) is 11.5. The largest absolute Gasteiger partial charge is 0.381 e. The molecule has 2 aliphatic rings. The molecule has 2 saturated heterocycles. The van der Waals surface area contributed by atoms with Gasteiger partial charge in [0.2, 0.25) is 0 Å². The van der Waals surface area contributed by atoms with Crippen LogP contribution in [0, 0.1) is 10.8 Å². The second kappa shape index (κ2) is 13.3. The molecule has 172 valence electrons. The number of unbranched alkanes of at least 4 members (excludes halogenated alkanes) is 2. The highest BCUT2D eigenvalue weighted by Crippen LogP contribution is 2.44. The molecule has 2 fully saturated rings. The molecular weight excluding hydrogens is 368 g/mol. The van der Waals surface area contributed by atoms with Gasteiger partial charge in [-0.25, -0.2) is 0 Å². The smallest absolute Gasteiger partial charge is 0.0701 e. The first-order valence-electron chi connectivity index (χ1n) is 12.1. The molecule has 0 saturated carbocycles. The lowest BCUT2D eigenvalue weighted by Gasteiger charge is -2.52. The highest BCUT2D eigenvalue weighted by atomic mass is 16.5. The Hall–Kier alpha value is -0.200. The molecule has 0 N–H and O–H groups in total. The summed E-state index contributed by atoms with van der Waals surface area (Å²) in [6.45, 7) is 15.4. The Morgan fingerprint density at radius 2 is 1.07 bits per heavy atom. The normalized spacial score (nSPS) is 21.9. The fourth-order valence-corrected chi connectivity index (χ4v) is 4.28. The zero-order valence-electron chi connectivity index (χ0n) is 19.5. The maximum Gasteiger partial charge on any atom is 0.0701 e. The van der Waals surface area contributed by atoms with Gasteiger partial charge >= 0.3 is 0 Å². The van der Waals surface area contributed by atoms with Crippen molar-refractivity contribution in [3.05, 3.63) is 0 Å². The first-order chi connectivity index (χ1) is 14.2. The quantitative estimate of drug-likeness (QED) is 0.295. The minimum atomic E-state index is 0.134. The molecule has 5 heteroatoms. The Morgan fingerprint density at radius 3 is 1.34 bits per heavy atom. The van der Waals surface area contributed by atoms with Crippen molar-refractivity contribution in [1.29, 1.82) is 0 Å². The predicted octanol–water partition coefficient (Wildman–Crippen LogP) is 5.01. The molecule has 0 aromatic heterocycles. The maximum absolute atomic E-state index is 6.94. The topological polar surface area (TPSA) is 46.2 Å². The Bertz CT molecular complexity index is 370. The summed E-state index contributed by atoms with van der Waals surface area (Å²) >= 11 is 0. The number of rotatable bonds is 18. The molecule has 29 heavy (non-hydrogen) atoms. The molecule has 0 amide bonds. The van der Waals surface area contributed by atoms with E-state index in [9.17, 15) is 0 Å². The minimum absolute atomic E-state index is 0.134. The third-order valence-corrected chi connectivity index (χ3v) is 6.99. The van der Waals surface area contributed by atoms with Gasteiger partial charge in [-0.3, -0.25) is 0 Å². The van der Waals surface area contributed by atoms with Crippen LogP contribution in [0.15, 0.2) is 0 Å². The molecule has 2 heterocycles. The van der Waals surface area contributed by atoms with Gasteiger partial charge in [0.05, 0.1) is 38.6 Å². The maximum atomic E-state index is 6.94. The Morgan fingerprint density at radius 1 is 0.655 bits per heavy atom. The SMILES string of the molecule is CCCCOCCC(OC(CCOCCCC)C1(CC)COC1)C1(CC)COC1. The van der Waals surface area contributed by atoms with Crippen LogP contribution in [0.4, 0.5) is 0 Å². The van der Waals surface area contributed by atoms with Gasteiger partial charge < -0.3 is 23.7 Å². The lowest BCUT2D eigenvalue weighted by Crippen LogP contribution is -2.58. The number of hydrogen-bond donors (Lipinski definition) is 0. The summed E-state index contributed by atoms with van der Waals surface area (Å²) in [4.78, 5) is 0. The second-order valence-electron chi connectivity index (χ2n) is 9.04. The second-order valence-corrected chi connectivity index (χ2v) is 9.04. The van der Waals surface area contributed by atoms with Gasteiger partial charge in [-0.2, -0.15) is 0 Å². The highest BCUT2D eigenvalue weighted by molar-refractivity contribution is 4.97. The van der Waals surface area contributed by atoms with Crippen LogP contribution in [0.5, 0.6) is 0 Å². The van der Waals surface area contributed by atoms with Crippen LogP contribution in [-0.2, 0) is 23.7 Å². The van der Waals surface area contributed by atoms with E-state index in [1.54, 1.807) is 0 Å². The fraction of sp³-hybridized carbons (Fsp3) is 1.00. The molecule has 2 atom stereocenters. The summed E-state index contributed by atoms with van der Waals surface area (Å²) < 4.78 is 30.0. The average molecular weight is 415 g/mol. The third-order valence-electron chi connectivity index (χ3n) is 6.99. The monoisotopic (exact) mass is 414 g/mol. The van der Waals surface area contributed by atoms with E-state index in [0.29, 0.717) is 0 Å². The molecular formula is C24H46O5. The first-order valence-corrected chi connectivity index (χ1v) is 12.1. The van der Waals surface area contributed by atoms with Crippen molar-refractivity contribution in [1.82, 2.24) is 0 Å². The van der Waals surface area contributed by atoms with Crippen molar-refractivity contribution in [3.63, 3.8) is 0 Å². The van der Waals surface area contributed by atoms with Gasteiger partial charge in [0.15, 0.2) is 0 Å². The van der Waals surface area contributed by atoms with E-state index < -0.39 is 0 Å². The lowest BCUT2D eigenvalue weighted by molar-refractivity contribution is -0.254. The van der Waals surface area contributed by atoms with E-state index in [-0.39, 0.29) is 23.0 Å².